The molecule has 1 aromatic heterocycles. The molecule has 3 N–H and O–H groups in total. The molecule has 0 unspecified atom stereocenters. The fourth-order valence-corrected chi connectivity index (χ4v) is 1.81. The Kier molecular flexibility index (Phi) is 4.55. The number of benzene rings is 1. The lowest BCUT2D eigenvalue weighted by molar-refractivity contribution is -0.393. The monoisotopic (exact) mass is 320 g/mol. The molecule has 2 aromatic rings. The summed E-state index contributed by atoms with van der Waals surface area (Å²) in [7, 11) is 0. The summed E-state index contributed by atoms with van der Waals surface area (Å²) in [5, 5.41) is 23.8. The Morgan fingerprint density at radius 1 is 1.35 bits per heavy atom. The van der Waals surface area contributed by atoms with Crippen LogP contribution in [0.4, 0.5) is 5.82 Å². The lowest BCUT2D eigenvalue weighted by Gasteiger charge is -2.04. The zero-order valence-corrected chi connectivity index (χ0v) is 11.7. The van der Waals surface area contributed by atoms with Crippen LogP contribution in [0.5, 0.6) is 5.75 Å². The summed E-state index contributed by atoms with van der Waals surface area (Å²) >= 11 is 0. The van der Waals surface area contributed by atoms with Gasteiger partial charge in [0.25, 0.3) is 5.91 Å². The summed E-state index contributed by atoms with van der Waals surface area (Å²) < 4.78 is 5.88. The summed E-state index contributed by atoms with van der Waals surface area (Å²) in [6.07, 6.45) is 0.988. The molecule has 1 aromatic carbocycles. The van der Waals surface area contributed by atoms with Gasteiger partial charge in [0.1, 0.15) is 18.9 Å². The Morgan fingerprint density at radius 3 is 2.57 bits per heavy atom. The van der Waals surface area contributed by atoms with Gasteiger partial charge in [-0.2, -0.15) is 0 Å². The molecule has 0 bridgehead atoms. The van der Waals surface area contributed by atoms with E-state index in [1.54, 1.807) is 0 Å². The molecular weight excluding hydrogens is 308 g/mol. The molecule has 0 saturated heterocycles. The number of nitrogens with two attached hydrogens (primary N) is 1. The summed E-state index contributed by atoms with van der Waals surface area (Å²) in [6, 6.07) is 5.40. The van der Waals surface area contributed by atoms with Crippen molar-refractivity contribution in [3.05, 3.63) is 51.7 Å². The number of aromatic nitrogens is 2. The smallest absolute Gasteiger partial charge is 0.357 e. The highest BCUT2D eigenvalue weighted by Crippen LogP contribution is 2.17. The number of hydrogen-bond donors (Lipinski definition) is 2. The molecule has 0 fully saturated rings. The molecule has 0 radical (unpaired) electrons. The van der Waals surface area contributed by atoms with Crippen LogP contribution in [-0.4, -0.2) is 38.3 Å². The van der Waals surface area contributed by atoms with E-state index in [0.717, 1.165) is 10.9 Å². The molecular formula is C13H12N4O6. The number of rotatable bonds is 6. The average molecular weight is 320 g/mol. The topological polar surface area (TPSA) is 151 Å². The second kappa shape index (κ2) is 6.56. The van der Waals surface area contributed by atoms with Crippen LogP contribution < -0.4 is 5.73 Å². The molecule has 0 spiro atoms. The van der Waals surface area contributed by atoms with E-state index in [0.29, 0.717) is 0 Å². The van der Waals surface area contributed by atoms with E-state index in [9.17, 15) is 19.7 Å². The van der Waals surface area contributed by atoms with Gasteiger partial charge in [0.2, 0.25) is 0 Å². The molecule has 0 aliphatic heterocycles. The lowest BCUT2D eigenvalue weighted by Crippen LogP contribution is -2.16. The van der Waals surface area contributed by atoms with Crippen molar-refractivity contribution >= 4 is 17.7 Å². The number of phenols is 1. The first-order valence-corrected chi connectivity index (χ1v) is 6.36. The number of ether oxygens (including phenoxy) is 1. The van der Waals surface area contributed by atoms with Gasteiger partial charge in [0.15, 0.2) is 5.56 Å². The minimum absolute atomic E-state index is 0.00713. The summed E-state index contributed by atoms with van der Waals surface area (Å²) in [5.41, 5.74) is 4.93. The second-order valence-electron chi connectivity index (χ2n) is 4.41. The molecule has 1 amide bonds. The summed E-state index contributed by atoms with van der Waals surface area (Å²) in [5.74, 6) is -2.18. The number of amides is 1. The third-order valence-corrected chi connectivity index (χ3v) is 2.89. The molecule has 0 aliphatic carbocycles. The van der Waals surface area contributed by atoms with Crippen LogP contribution in [0.15, 0.2) is 30.5 Å². The molecule has 120 valence electrons. The number of phenolic OH excluding ortho intramolecular Hbond substituents is 1. The standard InChI is InChI=1S/C13H12N4O6/c14-11(19)10-7-15-16(12(10)17(21)22)5-6-23-13(20)8-1-3-9(18)4-2-8/h1-4,7,18H,5-6H2,(H2,14,19). The first-order chi connectivity index (χ1) is 10.9. The molecule has 23 heavy (non-hydrogen) atoms. The zero-order chi connectivity index (χ0) is 17.0. The lowest BCUT2D eigenvalue weighted by atomic mass is 10.2. The van der Waals surface area contributed by atoms with E-state index < -0.39 is 22.6 Å². The van der Waals surface area contributed by atoms with Crippen molar-refractivity contribution in [2.24, 2.45) is 5.73 Å². The Labute approximate surface area is 129 Å². The number of carbonyl (C=O) groups is 2. The van der Waals surface area contributed by atoms with Crippen molar-refractivity contribution in [2.75, 3.05) is 6.61 Å². The van der Waals surface area contributed by atoms with Gasteiger partial charge in [-0.15, -0.1) is 4.68 Å². The van der Waals surface area contributed by atoms with Crippen LogP contribution in [0, 0.1) is 10.1 Å². The first kappa shape index (κ1) is 15.9. The van der Waals surface area contributed by atoms with Gasteiger partial charge in [-0.25, -0.2) is 4.79 Å². The van der Waals surface area contributed by atoms with Crippen molar-refractivity contribution in [1.29, 1.82) is 0 Å². The Bertz CT molecular complexity index is 752. The van der Waals surface area contributed by atoms with Gasteiger partial charge in [-0.3, -0.25) is 4.79 Å². The maximum atomic E-state index is 11.7. The van der Waals surface area contributed by atoms with E-state index in [4.69, 9.17) is 15.6 Å². The molecule has 1 heterocycles. The SMILES string of the molecule is NC(=O)c1cnn(CCOC(=O)c2ccc(O)cc2)c1[N+](=O)[O-]. The van der Waals surface area contributed by atoms with Gasteiger partial charge >= 0.3 is 11.8 Å². The highest BCUT2D eigenvalue weighted by atomic mass is 16.6. The normalized spacial score (nSPS) is 10.3. The van der Waals surface area contributed by atoms with E-state index in [2.05, 4.69) is 5.10 Å². The largest absolute Gasteiger partial charge is 0.508 e. The second-order valence-corrected chi connectivity index (χ2v) is 4.41. The van der Waals surface area contributed by atoms with Crippen molar-refractivity contribution in [3.8, 4) is 5.75 Å². The number of nitrogens with zero attached hydrogens (tertiary/aromatic N) is 3. The maximum Gasteiger partial charge on any atom is 0.357 e. The van der Waals surface area contributed by atoms with Gasteiger partial charge in [0.05, 0.1) is 11.8 Å². The van der Waals surface area contributed by atoms with Crippen molar-refractivity contribution < 1.29 is 24.4 Å². The van der Waals surface area contributed by atoms with Crippen molar-refractivity contribution in [3.63, 3.8) is 0 Å². The number of primary amides is 1. The Hall–Kier alpha value is -3.43. The van der Waals surface area contributed by atoms with Crippen LogP contribution in [-0.2, 0) is 11.3 Å². The number of carbonyl (C=O) groups excluding carboxylic acids is 2. The summed E-state index contributed by atoms with van der Waals surface area (Å²) in [4.78, 5) is 33.0. The van der Waals surface area contributed by atoms with Gasteiger partial charge < -0.3 is 25.7 Å². The Morgan fingerprint density at radius 2 is 2.00 bits per heavy atom. The number of aromatic hydroxyl groups is 1. The van der Waals surface area contributed by atoms with E-state index in [1.807, 2.05) is 0 Å². The third-order valence-electron chi connectivity index (χ3n) is 2.89. The fourth-order valence-electron chi connectivity index (χ4n) is 1.81. The minimum Gasteiger partial charge on any atom is -0.508 e. The number of hydrogen-bond acceptors (Lipinski definition) is 7. The van der Waals surface area contributed by atoms with Crippen LogP contribution in [0.3, 0.4) is 0 Å². The van der Waals surface area contributed by atoms with E-state index in [-0.39, 0.29) is 30.0 Å². The predicted octanol–water partition coefficient (Wildman–Crippen LogP) is 0.453. The Balaban J connectivity index is 2.01. The van der Waals surface area contributed by atoms with Gasteiger partial charge in [-0.1, -0.05) is 5.10 Å². The quantitative estimate of drug-likeness (QED) is 0.445. The van der Waals surface area contributed by atoms with E-state index >= 15 is 0 Å². The highest BCUT2D eigenvalue weighted by molar-refractivity contribution is 5.96. The van der Waals surface area contributed by atoms with Crippen LogP contribution in [0.1, 0.15) is 20.7 Å². The fraction of sp³-hybridized carbons (Fsp3) is 0.154. The molecule has 2 rings (SSSR count). The zero-order valence-electron chi connectivity index (χ0n) is 11.7. The molecule has 0 aliphatic rings. The molecule has 0 atom stereocenters. The molecule has 0 saturated carbocycles. The maximum absolute atomic E-state index is 11.7. The van der Waals surface area contributed by atoms with Crippen LogP contribution >= 0.6 is 0 Å². The van der Waals surface area contributed by atoms with Gasteiger partial charge in [-0.05, 0) is 29.2 Å². The molecule has 10 nitrogen and oxygen atoms in total. The van der Waals surface area contributed by atoms with Crippen LogP contribution in [0.2, 0.25) is 0 Å². The number of esters is 1. The first-order valence-electron chi connectivity index (χ1n) is 6.36. The van der Waals surface area contributed by atoms with Crippen molar-refractivity contribution in [2.45, 2.75) is 6.54 Å². The van der Waals surface area contributed by atoms with Gasteiger partial charge in [0, 0.05) is 0 Å². The average Bonchev–Trinajstić information content (AvgIpc) is 2.92. The highest BCUT2D eigenvalue weighted by Gasteiger charge is 2.25. The van der Waals surface area contributed by atoms with E-state index in [1.165, 1.54) is 24.3 Å². The minimum atomic E-state index is -0.968. The van der Waals surface area contributed by atoms with Crippen LogP contribution in [0.25, 0.3) is 0 Å². The van der Waals surface area contributed by atoms with Crippen molar-refractivity contribution in [1.82, 2.24) is 9.78 Å². The third kappa shape index (κ3) is 3.61. The molecule has 10 heteroatoms. The number of nitro groups is 1. The predicted molar refractivity (Wildman–Crippen MR) is 75.8 cm³/mol. The summed E-state index contributed by atoms with van der Waals surface area (Å²) in [6.45, 7) is -0.312.